The second-order valence-corrected chi connectivity index (χ2v) is 13.2. The molecule has 0 aromatic carbocycles. The molecule has 1 heterocycles. The summed E-state index contributed by atoms with van der Waals surface area (Å²) in [6.45, 7) is 14.0. The third kappa shape index (κ3) is 6.51. The lowest BCUT2D eigenvalue weighted by Gasteiger charge is -2.37. The minimum atomic E-state index is -1.16. The van der Waals surface area contributed by atoms with Crippen molar-refractivity contribution >= 4 is 14.0 Å². The average Bonchev–Trinajstić information content (AvgIpc) is 2.44. The summed E-state index contributed by atoms with van der Waals surface area (Å²) >= 11 is 0. The topological polar surface area (TPSA) is 38.8 Å². The van der Waals surface area contributed by atoms with Crippen LogP contribution in [0.1, 0.15) is 27.2 Å². The monoisotopic (exact) mass is 339 g/mol. The van der Waals surface area contributed by atoms with Crippen molar-refractivity contribution in [3.63, 3.8) is 0 Å². The molecule has 0 aliphatic carbocycles. The van der Waals surface area contributed by atoms with Crippen molar-refractivity contribution in [3.8, 4) is 0 Å². The fourth-order valence-corrected chi connectivity index (χ4v) is 3.01. The van der Waals surface area contributed by atoms with E-state index in [0.29, 0.717) is 12.6 Å². The minimum absolute atomic E-state index is 0.223. The first kappa shape index (κ1) is 20.0. The summed E-state index contributed by atoms with van der Waals surface area (Å²) in [5.41, 5.74) is 0.914. The summed E-state index contributed by atoms with van der Waals surface area (Å²) in [6.07, 6.45) is 5.91. The Kier molecular flexibility index (Phi) is 7.54. The quantitative estimate of drug-likeness (QED) is 0.383. The largest absolute Gasteiger partial charge is 0.452 e. The predicted molar refractivity (Wildman–Crippen MR) is 98.2 cm³/mol. The van der Waals surface area contributed by atoms with Crippen LogP contribution in [-0.2, 0) is 14.3 Å². The van der Waals surface area contributed by atoms with E-state index in [0.717, 1.165) is 18.2 Å². The van der Waals surface area contributed by atoms with Crippen LogP contribution in [0.3, 0.4) is 0 Å². The summed E-state index contributed by atoms with van der Waals surface area (Å²) in [7, 11) is 0.847. The number of carbonyl (C=O) groups excluding carboxylic acids is 1. The van der Waals surface area contributed by atoms with E-state index in [4.69, 9.17) is 9.47 Å². The summed E-state index contributed by atoms with van der Waals surface area (Å²) in [5, 5.41) is 0. The predicted octanol–water partition coefficient (Wildman–Crippen LogP) is 3.83. The molecule has 132 valence electrons. The van der Waals surface area contributed by atoms with Crippen molar-refractivity contribution in [3.05, 3.63) is 23.9 Å². The molecule has 1 aliphatic rings. The molecule has 0 spiro atoms. The van der Waals surface area contributed by atoms with Gasteiger partial charge in [0, 0.05) is 33.8 Å². The van der Waals surface area contributed by atoms with Crippen molar-refractivity contribution < 1.29 is 14.3 Å². The standard InChI is InChI=1S/C18H33NO3Si/c1-8-9-10-16-18(21-11-12-23(5,6)7)15(13-17(20)22-16)19(4)14(2)3/h9-10,13-14,16,18H,8,11-12H2,1-7H3/b10-9+/t16-,18-/m0/s1. The highest BCUT2D eigenvalue weighted by molar-refractivity contribution is 6.76. The second kappa shape index (κ2) is 8.69. The van der Waals surface area contributed by atoms with Crippen molar-refractivity contribution in [2.24, 2.45) is 0 Å². The van der Waals surface area contributed by atoms with Gasteiger partial charge < -0.3 is 14.4 Å². The number of allylic oxidation sites excluding steroid dienone is 1. The molecule has 0 N–H and O–H groups in total. The maximum absolute atomic E-state index is 11.9. The number of hydrogen-bond acceptors (Lipinski definition) is 4. The zero-order valence-electron chi connectivity index (χ0n) is 15.8. The van der Waals surface area contributed by atoms with Crippen LogP contribution in [0.15, 0.2) is 23.9 Å². The molecular weight excluding hydrogens is 306 g/mol. The SMILES string of the molecule is CC/C=C/[C@@H]1OC(=O)C=C(N(C)C(C)C)[C@@H]1OCC[Si](C)(C)C. The molecule has 0 bridgehead atoms. The number of esters is 1. The number of cyclic esters (lactones) is 1. The van der Waals surface area contributed by atoms with Gasteiger partial charge in [0.1, 0.15) is 6.10 Å². The minimum Gasteiger partial charge on any atom is -0.452 e. The van der Waals surface area contributed by atoms with Crippen LogP contribution in [0.4, 0.5) is 0 Å². The van der Waals surface area contributed by atoms with Gasteiger partial charge in [-0.25, -0.2) is 4.79 Å². The Balaban J connectivity index is 2.97. The fourth-order valence-electron chi connectivity index (χ4n) is 2.28. The third-order valence-electron chi connectivity index (χ3n) is 4.00. The van der Waals surface area contributed by atoms with Crippen LogP contribution in [0.2, 0.25) is 25.7 Å². The zero-order valence-corrected chi connectivity index (χ0v) is 16.8. The highest BCUT2D eigenvalue weighted by Crippen LogP contribution is 2.25. The molecule has 0 amide bonds. The Morgan fingerprint density at radius 3 is 2.57 bits per heavy atom. The Morgan fingerprint density at radius 2 is 2.04 bits per heavy atom. The first-order valence-electron chi connectivity index (χ1n) is 8.59. The van der Waals surface area contributed by atoms with E-state index >= 15 is 0 Å². The van der Waals surface area contributed by atoms with E-state index in [1.807, 2.05) is 19.2 Å². The van der Waals surface area contributed by atoms with Gasteiger partial charge in [-0.3, -0.25) is 0 Å². The van der Waals surface area contributed by atoms with Gasteiger partial charge >= 0.3 is 5.97 Å². The van der Waals surface area contributed by atoms with Gasteiger partial charge in [0.2, 0.25) is 0 Å². The normalized spacial score (nSPS) is 22.4. The lowest BCUT2D eigenvalue weighted by Crippen LogP contribution is -2.45. The van der Waals surface area contributed by atoms with Gasteiger partial charge in [-0.1, -0.05) is 32.6 Å². The maximum atomic E-state index is 11.9. The van der Waals surface area contributed by atoms with Crippen LogP contribution < -0.4 is 0 Å². The first-order chi connectivity index (χ1) is 10.7. The van der Waals surface area contributed by atoms with E-state index in [1.54, 1.807) is 6.08 Å². The van der Waals surface area contributed by atoms with Crippen molar-refractivity contribution in [2.45, 2.75) is 71.1 Å². The number of nitrogens with zero attached hydrogens (tertiary/aromatic N) is 1. The third-order valence-corrected chi connectivity index (χ3v) is 5.70. The summed E-state index contributed by atoms with van der Waals surface area (Å²) in [4.78, 5) is 14.0. The van der Waals surface area contributed by atoms with Gasteiger partial charge in [0.25, 0.3) is 0 Å². The van der Waals surface area contributed by atoms with Gasteiger partial charge in [0.05, 0.1) is 5.70 Å². The number of ether oxygens (including phenoxy) is 2. The van der Waals surface area contributed by atoms with E-state index in [2.05, 4.69) is 45.3 Å². The molecule has 0 fully saturated rings. The summed E-state index contributed by atoms with van der Waals surface area (Å²) in [5.74, 6) is -0.289. The van der Waals surface area contributed by atoms with E-state index in [9.17, 15) is 4.79 Å². The van der Waals surface area contributed by atoms with Crippen LogP contribution in [-0.4, -0.2) is 50.8 Å². The highest BCUT2D eigenvalue weighted by atomic mass is 28.3. The molecule has 5 heteroatoms. The molecule has 0 radical (unpaired) electrons. The fraction of sp³-hybridized carbons (Fsp3) is 0.722. The molecule has 0 aromatic rings. The first-order valence-corrected chi connectivity index (χ1v) is 12.3. The molecule has 0 aromatic heterocycles. The Hall–Kier alpha value is -1.07. The number of likely N-dealkylation sites (N-methyl/N-ethyl adjacent to an activating group) is 1. The molecule has 23 heavy (non-hydrogen) atoms. The summed E-state index contributed by atoms with van der Waals surface area (Å²) < 4.78 is 11.7. The number of hydrogen-bond donors (Lipinski definition) is 0. The maximum Gasteiger partial charge on any atom is 0.333 e. The Labute approximate surface area is 142 Å². The van der Waals surface area contributed by atoms with Gasteiger partial charge in [-0.05, 0) is 32.4 Å². The molecule has 1 aliphatic heterocycles. The number of carbonyl (C=O) groups is 1. The van der Waals surface area contributed by atoms with Crippen LogP contribution in [0.25, 0.3) is 0 Å². The summed E-state index contributed by atoms with van der Waals surface area (Å²) in [6, 6.07) is 1.39. The second-order valence-electron chi connectivity index (χ2n) is 7.61. The molecule has 1 rings (SSSR count). The molecule has 0 unspecified atom stereocenters. The van der Waals surface area contributed by atoms with E-state index < -0.39 is 8.07 Å². The molecule has 4 nitrogen and oxygen atoms in total. The average molecular weight is 340 g/mol. The highest BCUT2D eigenvalue weighted by Gasteiger charge is 2.34. The van der Waals surface area contributed by atoms with Crippen molar-refractivity contribution in [1.29, 1.82) is 0 Å². The lowest BCUT2D eigenvalue weighted by atomic mass is 10.0. The van der Waals surface area contributed by atoms with E-state index in [1.165, 1.54) is 0 Å². The Bertz CT molecular complexity index is 452. The molecule has 0 saturated carbocycles. The van der Waals surface area contributed by atoms with Crippen molar-refractivity contribution in [2.75, 3.05) is 13.7 Å². The zero-order chi connectivity index (χ0) is 17.6. The number of rotatable bonds is 8. The van der Waals surface area contributed by atoms with Crippen LogP contribution in [0, 0.1) is 0 Å². The van der Waals surface area contributed by atoms with Crippen molar-refractivity contribution in [1.82, 2.24) is 4.90 Å². The van der Waals surface area contributed by atoms with Gasteiger partial charge in [-0.15, -0.1) is 0 Å². The van der Waals surface area contributed by atoms with Gasteiger partial charge in [-0.2, -0.15) is 0 Å². The molecule has 0 saturated heterocycles. The molecular formula is C18H33NO3Si. The molecule has 2 atom stereocenters. The van der Waals surface area contributed by atoms with Crippen LogP contribution >= 0.6 is 0 Å². The van der Waals surface area contributed by atoms with Gasteiger partial charge in [0.15, 0.2) is 6.10 Å². The Morgan fingerprint density at radius 1 is 1.39 bits per heavy atom. The lowest BCUT2D eigenvalue weighted by molar-refractivity contribution is -0.150. The smallest absolute Gasteiger partial charge is 0.333 e. The van der Waals surface area contributed by atoms with E-state index in [-0.39, 0.29) is 18.2 Å². The van der Waals surface area contributed by atoms with Crippen LogP contribution in [0.5, 0.6) is 0 Å².